The Morgan fingerprint density at radius 3 is 2.55 bits per heavy atom. The van der Waals surface area contributed by atoms with Crippen molar-refractivity contribution >= 4 is 11.6 Å². The SMILES string of the molecule is CCCN(CC(=O)N(C)C)c1ccc(C)cc1CNC. The molecule has 4 heteroatoms. The molecule has 0 aliphatic heterocycles. The first-order valence-corrected chi connectivity index (χ1v) is 7.18. The first-order chi connectivity index (χ1) is 9.49. The van der Waals surface area contributed by atoms with Crippen molar-refractivity contribution in [2.24, 2.45) is 0 Å². The van der Waals surface area contributed by atoms with Crippen LogP contribution in [-0.4, -0.2) is 45.0 Å². The Labute approximate surface area is 122 Å². The van der Waals surface area contributed by atoms with Crippen LogP contribution in [0.15, 0.2) is 18.2 Å². The van der Waals surface area contributed by atoms with Crippen LogP contribution in [-0.2, 0) is 11.3 Å². The van der Waals surface area contributed by atoms with Gasteiger partial charge in [0.05, 0.1) is 6.54 Å². The Morgan fingerprint density at radius 2 is 2.00 bits per heavy atom. The maximum absolute atomic E-state index is 12.0. The number of amides is 1. The molecule has 0 atom stereocenters. The Hall–Kier alpha value is -1.55. The molecule has 1 rings (SSSR count). The van der Waals surface area contributed by atoms with E-state index in [0.29, 0.717) is 6.54 Å². The van der Waals surface area contributed by atoms with E-state index in [9.17, 15) is 4.79 Å². The van der Waals surface area contributed by atoms with Crippen molar-refractivity contribution < 1.29 is 4.79 Å². The van der Waals surface area contributed by atoms with Crippen molar-refractivity contribution in [3.8, 4) is 0 Å². The van der Waals surface area contributed by atoms with Crippen LogP contribution >= 0.6 is 0 Å². The van der Waals surface area contributed by atoms with Gasteiger partial charge >= 0.3 is 0 Å². The summed E-state index contributed by atoms with van der Waals surface area (Å²) in [5, 5.41) is 3.20. The smallest absolute Gasteiger partial charge is 0.241 e. The molecule has 0 saturated carbocycles. The fourth-order valence-electron chi connectivity index (χ4n) is 2.21. The predicted octanol–water partition coefficient (Wildman–Crippen LogP) is 2.02. The molecule has 0 bridgehead atoms. The Balaban J connectivity index is 3.04. The van der Waals surface area contributed by atoms with Crippen LogP contribution in [0.3, 0.4) is 0 Å². The topological polar surface area (TPSA) is 35.6 Å². The summed E-state index contributed by atoms with van der Waals surface area (Å²) in [6.45, 7) is 6.37. The van der Waals surface area contributed by atoms with Crippen LogP contribution in [0, 0.1) is 6.92 Å². The van der Waals surface area contributed by atoms with E-state index in [0.717, 1.165) is 25.2 Å². The van der Waals surface area contributed by atoms with Crippen molar-refractivity contribution in [2.75, 3.05) is 39.1 Å². The Morgan fingerprint density at radius 1 is 1.30 bits per heavy atom. The third kappa shape index (κ3) is 4.53. The van der Waals surface area contributed by atoms with Crippen molar-refractivity contribution in [3.63, 3.8) is 0 Å². The molecule has 0 saturated heterocycles. The minimum absolute atomic E-state index is 0.134. The van der Waals surface area contributed by atoms with Gasteiger partial charge in [0.15, 0.2) is 0 Å². The number of rotatable bonds is 7. The number of anilines is 1. The second kappa shape index (κ2) is 7.90. The van der Waals surface area contributed by atoms with Gasteiger partial charge in [-0.15, -0.1) is 0 Å². The molecule has 0 spiro atoms. The lowest BCUT2D eigenvalue weighted by Gasteiger charge is -2.27. The van der Waals surface area contributed by atoms with Gasteiger partial charge in [0.1, 0.15) is 0 Å². The van der Waals surface area contributed by atoms with Crippen molar-refractivity contribution in [3.05, 3.63) is 29.3 Å². The molecule has 1 N–H and O–H groups in total. The number of carbonyl (C=O) groups is 1. The molecule has 0 fully saturated rings. The third-order valence-corrected chi connectivity index (χ3v) is 3.26. The van der Waals surface area contributed by atoms with Gasteiger partial charge in [-0.1, -0.05) is 24.6 Å². The Kier molecular flexibility index (Phi) is 6.52. The van der Waals surface area contributed by atoms with Crippen molar-refractivity contribution in [1.82, 2.24) is 10.2 Å². The summed E-state index contributed by atoms with van der Waals surface area (Å²) in [5.74, 6) is 0.134. The average molecular weight is 277 g/mol. The van der Waals surface area contributed by atoms with Crippen LogP contribution in [0.25, 0.3) is 0 Å². The molecular weight excluding hydrogens is 250 g/mol. The van der Waals surface area contributed by atoms with Gasteiger partial charge in [0.25, 0.3) is 0 Å². The van der Waals surface area contributed by atoms with Crippen LogP contribution in [0.4, 0.5) is 5.69 Å². The van der Waals surface area contributed by atoms with Crippen molar-refractivity contribution in [1.29, 1.82) is 0 Å². The standard InChI is InChI=1S/C16H27N3O/c1-6-9-19(12-16(20)18(4)5)15-8-7-13(2)10-14(15)11-17-3/h7-8,10,17H,6,9,11-12H2,1-5H3. The second-order valence-electron chi connectivity index (χ2n) is 5.37. The number of hydrogen-bond acceptors (Lipinski definition) is 3. The lowest BCUT2D eigenvalue weighted by molar-refractivity contribution is -0.127. The van der Waals surface area contributed by atoms with Crippen LogP contribution in [0.1, 0.15) is 24.5 Å². The molecular formula is C16H27N3O. The van der Waals surface area contributed by atoms with Gasteiger partial charge in [-0.05, 0) is 32.0 Å². The quantitative estimate of drug-likeness (QED) is 0.828. The summed E-state index contributed by atoms with van der Waals surface area (Å²) in [4.78, 5) is 15.8. The highest BCUT2D eigenvalue weighted by Gasteiger charge is 2.15. The van der Waals surface area contributed by atoms with E-state index < -0.39 is 0 Å². The normalized spacial score (nSPS) is 10.4. The molecule has 0 heterocycles. The van der Waals surface area contributed by atoms with Crippen LogP contribution in [0.2, 0.25) is 0 Å². The minimum Gasteiger partial charge on any atom is -0.362 e. The maximum atomic E-state index is 12.0. The fraction of sp³-hybridized carbons (Fsp3) is 0.562. The van der Waals surface area contributed by atoms with Gasteiger partial charge in [0.2, 0.25) is 5.91 Å². The number of carbonyl (C=O) groups excluding carboxylic acids is 1. The zero-order valence-corrected chi connectivity index (χ0v) is 13.4. The number of nitrogens with one attached hydrogen (secondary N) is 1. The molecule has 0 aliphatic rings. The zero-order chi connectivity index (χ0) is 15.1. The van der Waals surface area contributed by atoms with E-state index in [1.54, 1.807) is 19.0 Å². The van der Waals surface area contributed by atoms with Gasteiger partial charge in [-0.2, -0.15) is 0 Å². The van der Waals surface area contributed by atoms with E-state index in [1.165, 1.54) is 11.1 Å². The van der Waals surface area contributed by atoms with Gasteiger partial charge < -0.3 is 15.1 Å². The highest BCUT2D eigenvalue weighted by Crippen LogP contribution is 2.22. The van der Waals surface area contributed by atoms with E-state index >= 15 is 0 Å². The third-order valence-electron chi connectivity index (χ3n) is 3.26. The molecule has 1 aromatic rings. The molecule has 0 aliphatic carbocycles. The molecule has 20 heavy (non-hydrogen) atoms. The largest absolute Gasteiger partial charge is 0.362 e. The summed E-state index contributed by atoms with van der Waals surface area (Å²) < 4.78 is 0. The van der Waals surface area contributed by atoms with E-state index in [-0.39, 0.29) is 5.91 Å². The summed E-state index contributed by atoms with van der Waals surface area (Å²) in [5.41, 5.74) is 3.64. The maximum Gasteiger partial charge on any atom is 0.241 e. The predicted molar refractivity (Wildman–Crippen MR) is 85.1 cm³/mol. The van der Waals surface area contributed by atoms with Gasteiger partial charge in [-0.3, -0.25) is 4.79 Å². The van der Waals surface area contributed by atoms with Crippen molar-refractivity contribution in [2.45, 2.75) is 26.8 Å². The molecule has 4 nitrogen and oxygen atoms in total. The summed E-state index contributed by atoms with van der Waals surface area (Å²) >= 11 is 0. The lowest BCUT2D eigenvalue weighted by Crippen LogP contribution is -2.37. The van der Waals surface area contributed by atoms with E-state index in [2.05, 4.69) is 42.3 Å². The fourth-order valence-corrected chi connectivity index (χ4v) is 2.21. The molecule has 112 valence electrons. The van der Waals surface area contributed by atoms with Crippen LogP contribution in [0.5, 0.6) is 0 Å². The lowest BCUT2D eigenvalue weighted by atomic mass is 10.1. The summed E-state index contributed by atoms with van der Waals surface area (Å²) in [7, 11) is 5.55. The van der Waals surface area contributed by atoms with Gasteiger partial charge in [-0.25, -0.2) is 0 Å². The molecule has 1 amide bonds. The first kappa shape index (κ1) is 16.5. The van der Waals surface area contributed by atoms with Gasteiger partial charge in [0, 0.05) is 32.9 Å². The second-order valence-corrected chi connectivity index (χ2v) is 5.37. The molecule has 0 unspecified atom stereocenters. The minimum atomic E-state index is 0.134. The number of benzene rings is 1. The highest BCUT2D eigenvalue weighted by molar-refractivity contribution is 5.81. The zero-order valence-electron chi connectivity index (χ0n) is 13.4. The number of aryl methyl sites for hydroxylation is 1. The molecule has 0 radical (unpaired) electrons. The van der Waals surface area contributed by atoms with E-state index in [4.69, 9.17) is 0 Å². The molecule has 0 aromatic heterocycles. The number of hydrogen-bond donors (Lipinski definition) is 1. The van der Waals surface area contributed by atoms with Crippen LogP contribution < -0.4 is 10.2 Å². The highest BCUT2D eigenvalue weighted by atomic mass is 16.2. The monoisotopic (exact) mass is 277 g/mol. The number of likely N-dealkylation sites (N-methyl/N-ethyl adjacent to an activating group) is 1. The first-order valence-electron chi connectivity index (χ1n) is 7.18. The summed E-state index contributed by atoms with van der Waals surface area (Å²) in [6.07, 6.45) is 1.02. The Bertz CT molecular complexity index is 443. The summed E-state index contributed by atoms with van der Waals surface area (Å²) in [6, 6.07) is 6.42. The molecule has 1 aromatic carbocycles. The van der Waals surface area contributed by atoms with E-state index in [1.807, 2.05) is 7.05 Å². The number of nitrogens with zero attached hydrogens (tertiary/aromatic N) is 2. The average Bonchev–Trinajstić information content (AvgIpc) is 2.38.